The third-order valence-corrected chi connectivity index (χ3v) is 4.30. The first-order valence-corrected chi connectivity index (χ1v) is 8.43. The van der Waals surface area contributed by atoms with Gasteiger partial charge >= 0.3 is 0 Å². The molecule has 0 N–H and O–H groups in total. The molecule has 0 spiro atoms. The summed E-state index contributed by atoms with van der Waals surface area (Å²) in [4.78, 5) is 18.7. The summed E-state index contributed by atoms with van der Waals surface area (Å²) in [5.41, 5.74) is 1.08. The molecular formula is C18H23N3O4. The molecule has 3 rings (SSSR count). The van der Waals surface area contributed by atoms with Crippen molar-refractivity contribution < 1.29 is 18.8 Å². The Labute approximate surface area is 146 Å². The van der Waals surface area contributed by atoms with Crippen molar-refractivity contribution in [2.45, 2.75) is 25.8 Å². The van der Waals surface area contributed by atoms with Gasteiger partial charge in [-0.3, -0.25) is 4.79 Å². The van der Waals surface area contributed by atoms with Crippen LogP contribution in [0.1, 0.15) is 23.7 Å². The number of ether oxygens (including phenoxy) is 2. The number of benzene rings is 1. The number of hydrogen-bond donors (Lipinski definition) is 0. The summed E-state index contributed by atoms with van der Waals surface area (Å²) >= 11 is 0. The molecule has 7 heteroatoms. The monoisotopic (exact) mass is 345 g/mol. The second-order valence-corrected chi connectivity index (χ2v) is 6.19. The van der Waals surface area contributed by atoms with Crippen molar-refractivity contribution >= 4 is 5.91 Å². The summed E-state index contributed by atoms with van der Waals surface area (Å²) in [6.07, 6.45) is 1.97. The third-order valence-electron chi connectivity index (χ3n) is 4.30. The largest absolute Gasteiger partial charge is 0.493 e. The number of fused-ring (bicyclic) bond motifs is 1. The molecule has 0 aliphatic carbocycles. The van der Waals surface area contributed by atoms with Crippen molar-refractivity contribution in [3.05, 3.63) is 41.5 Å². The van der Waals surface area contributed by atoms with E-state index in [1.165, 1.54) is 0 Å². The van der Waals surface area contributed by atoms with Gasteiger partial charge in [-0.2, -0.15) is 4.98 Å². The van der Waals surface area contributed by atoms with Gasteiger partial charge in [0.1, 0.15) is 5.75 Å². The molecule has 2 heterocycles. The summed E-state index contributed by atoms with van der Waals surface area (Å²) in [6.45, 7) is 1.38. The Morgan fingerprint density at radius 1 is 1.40 bits per heavy atom. The molecule has 0 unspecified atom stereocenters. The fourth-order valence-electron chi connectivity index (χ4n) is 2.94. The lowest BCUT2D eigenvalue weighted by Crippen LogP contribution is -2.34. The predicted octanol–water partition coefficient (Wildman–Crippen LogP) is 1.86. The number of carbonyl (C=O) groups excluding carboxylic acids is 1. The van der Waals surface area contributed by atoms with Crippen LogP contribution in [0.15, 0.2) is 28.8 Å². The van der Waals surface area contributed by atoms with Crippen LogP contribution in [0.2, 0.25) is 0 Å². The Morgan fingerprint density at radius 3 is 3.08 bits per heavy atom. The van der Waals surface area contributed by atoms with E-state index in [1.54, 1.807) is 19.1 Å². The normalized spacial score (nSPS) is 16.6. The quantitative estimate of drug-likeness (QED) is 0.795. The zero-order valence-electron chi connectivity index (χ0n) is 14.6. The van der Waals surface area contributed by atoms with Crippen molar-refractivity contribution in [1.29, 1.82) is 0 Å². The number of aromatic nitrogens is 2. The summed E-state index contributed by atoms with van der Waals surface area (Å²) in [6, 6.07) is 7.88. The van der Waals surface area contributed by atoms with Crippen LogP contribution in [0, 0.1) is 5.92 Å². The summed E-state index contributed by atoms with van der Waals surface area (Å²) < 4.78 is 16.0. The molecule has 7 nitrogen and oxygen atoms in total. The lowest BCUT2D eigenvalue weighted by atomic mass is 9.95. The molecule has 0 saturated heterocycles. The molecule has 1 atom stereocenters. The molecule has 1 aromatic carbocycles. The molecule has 1 aromatic heterocycles. The molecular weight excluding hydrogens is 322 g/mol. The number of rotatable bonds is 6. The first-order chi connectivity index (χ1) is 12.2. The fourth-order valence-corrected chi connectivity index (χ4v) is 2.94. The van der Waals surface area contributed by atoms with Crippen molar-refractivity contribution in [2.75, 3.05) is 27.4 Å². The van der Waals surface area contributed by atoms with E-state index in [-0.39, 0.29) is 11.8 Å². The smallest absolute Gasteiger partial charge is 0.246 e. The minimum absolute atomic E-state index is 0.0666. The maximum Gasteiger partial charge on any atom is 0.246 e. The number of methoxy groups -OCH3 is 1. The van der Waals surface area contributed by atoms with Gasteiger partial charge in [-0.1, -0.05) is 23.4 Å². The highest BCUT2D eigenvalue weighted by Gasteiger charge is 2.27. The molecule has 25 heavy (non-hydrogen) atoms. The van der Waals surface area contributed by atoms with E-state index >= 15 is 0 Å². The molecule has 1 amide bonds. The fraction of sp³-hybridized carbons (Fsp3) is 0.500. The van der Waals surface area contributed by atoms with E-state index in [1.807, 2.05) is 24.3 Å². The SMILES string of the molecule is COCCc1noc(CN(C)C(=O)[C@H]2CCOc3ccccc3C2)n1. The highest BCUT2D eigenvalue weighted by Crippen LogP contribution is 2.27. The Hall–Kier alpha value is -2.41. The van der Waals surface area contributed by atoms with E-state index in [2.05, 4.69) is 10.1 Å². The first-order valence-electron chi connectivity index (χ1n) is 8.43. The first kappa shape index (κ1) is 17.4. The van der Waals surface area contributed by atoms with Gasteiger partial charge in [0.15, 0.2) is 5.82 Å². The number of nitrogens with zero attached hydrogens (tertiary/aromatic N) is 3. The molecule has 0 fully saturated rings. The maximum atomic E-state index is 12.8. The molecule has 2 aromatic rings. The minimum atomic E-state index is -0.107. The zero-order valence-corrected chi connectivity index (χ0v) is 14.6. The van der Waals surface area contributed by atoms with E-state index in [4.69, 9.17) is 14.0 Å². The van der Waals surface area contributed by atoms with Crippen LogP contribution in [-0.2, 0) is 28.9 Å². The standard InChI is InChI=1S/C18H23N3O4/c1-21(12-17-19-16(20-25-17)8-9-23-2)18(22)14-7-10-24-15-6-4-3-5-13(15)11-14/h3-6,14H,7-12H2,1-2H3/t14-/m0/s1. The van der Waals surface area contributed by atoms with E-state index < -0.39 is 0 Å². The molecule has 134 valence electrons. The average molecular weight is 345 g/mol. The van der Waals surface area contributed by atoms with E-state index in [0.717, 1.165) is 11.3 Å². The molecule has 1 aliphatic heterocycles. The van der Waals surface area contributed by atoms with Gasteiger partial charge < -0.3 is 18.9 Å². The lowest BCUT2D eigenvalue weighted by Gasteiger charge is -2.21. The number of para-hydroxylation sites is 1. The van der Waals surface area contributed by atoms with E-state index in [0.29, 0.717) is 50.7 Å². The topological polar surface area (TPSA) is 77.7 Å². The number of amides is 1. The van der Waals surface area contributed by atoms with E-state index in [9.17, 15) is 4.79 Å². The van der Waals surface area contributed by atoms with Gasteiger partial charge in [-0.05, 0) is 24.5 Å². The Morgan fingerprint density at radius 2 is 2.24 bits per heavy atom. The van der Waals surface area contributed by atoms with Crippen LogP contribution in [0.5, 0.6) is 5.75 Å². The van der Waals surface area contributed by atoms with Gasteiger partial charge in [0.25, 0.3) is 0 Å². The van der Waals surface area contributed by atoms with Gasteiger partial charge in [0, 0.05) is 26.5 Å². The maximum absolute atomic E-state index is 12.8. The van der Waals surface area contributed by atoms with Crippen molar-refractivity contribution in [2.24, 2.45) is 5.92 Å². The van der Waals surface area contributed by atoms with Crippen LogP contribution in [0.25, 0.3) is 0 Å². The second kappa shape index (κ2) is 8.11. The Kier molecular flexibility index (Phi) is 5.65. The third kappa shape index (κ3) is 4.36. The number of hydrogen-bond acceptors (Lipinski definition) is 6. The van der Waals surface area contributed by atoms with Gasteiger partial charge in [-0.15, -0.1) is 0 Å². The molecule has 0 radical (unpaired) electrons. The van der Waals surface area contributed by atoms with Gasteiger partial charge in [0.05, 0.1) is 19.8 Å². The number of carbonyl (C=O) groups is 1. The van der Waals surface area contributed by atoms with Gasteiger partial charge in [0.2, 0.25) is 11.8 Å². The zero-order chi connectivity index (χ0) is 17.6. The lowest BCUT2D eigenvalue weighted by molar-refractivity contribution is -0.135. The summed E-state index contributed by atoms with van der Waals surface area (Å²) in [5, 5.41) is 3.90. The van der Waals surface area contributed by atoms with Crippen LogP contribution in [0.4, 0.5) is 0 Å². The highest BCUT2D eigenvalue weighted by molar-refractivity contribution is 5.79. The van der Waals surface area contributed by atoms with Crippen LogP contribution < -0.4 is 4.74 Å². The Bertz CT molecular complexity index is 716. The van der Waals surface area contributed by atoms with Crippen molar-refractivity contribution in [3.8, 4) is 5.75 Å². The summed E-state index contributed by atoms with van der Waals surface area (Å²) in [7, 11) is 3.39. The summed E-state index contributed by atoms with van der Waals surface area (Å²) in [5.74, 6) is 1.86. The molecule has 1 aliphatic rings. The Balaban J connectivity index is 1.61. The van der Waals surface area contributed by atoms with Gasteiger partial charge in [-0.25, -0.2) is 0 Å². The molecule has 0 bridgehead atoms. The van der Waals surface area contributed by atoms with Crippen LogP contribution >= 0.6 is 0 Å². The van der Waals surface area contributed by atoms with Crippen molar-refractivity contribution in [1.82, 2.24) is 15.0 Å². The second-order valence-electron chi connectivity index (χ2n) is 6.19. The minimum Gasteiger partial charge on any atom is -0.493 e. The van der Waals surface area contributed by atoms with Crippen molar-refractivity contribution in [3.63, 3.8) is 0 Å². The highest BCUT2D eigenvalue weighted by atomic mass is 16.5. The van der Waals surface area contributed by atoms with Crippen LogP contribution in [-0.4, -0.2) is 48.3 Å². The predicted molar refractivity (Wildman–Crippen MR) is 90.1 cm³/mol. The van der Waals surface area contributed by atoms with Crippen LogP contribution in [0.3, 0.4) is 0 Å². The molecule has 0 saturated carbocycles. The average Bonchev–Trinajstić information content (AvgIpc) is 2.95.